The molecule has 0 nitrogen and oxygen atoms in total. The number of thiophene rings is 1. The van der Waals surface area contributed by atoms with Crippen molar-refractivity contribution in [2.45, 2.75) is 24.6 Å². The Labute approximate surface area is 134 Å². The molecule has 96 valence electrons. The second-order valence-electron chi connectivity index (χ2n) is 4.45. The van der Waals surface area contributed by atoms with Crippen LogP contribution in [0.2, 0.25) is 5.02 Å². The molecule has 0 spiro atoms. The maximum absolute atomic E-state index is 6.07. The average molecular weight is 409 g/mol. The lowest BCUT2D eigenvalue weighted by molar-refractivity contribution is 0.865. The first-order valence-corrected chi connectivity index (χ1v) is 8.58. The lowest BCUT2D eigenvalue weighted by atomic mass is 10.0. The van der Waals surface area contributed by atoms with Gasteiger partial charge < -0.3 is 0 Å². The number of alkyl halides is 1. The van der Waals surface area contributed by atoms with Crippen LogP contribution in [0.4, 0.5) is 0 Å². The standard InChI is InChI=1S/C14H13Br2ClS/c1-8(2)9-3-5-10(6-4-9)13(15)12-7-11(17)14(16)18-12/h3-8,13H,1-2H3. The maximum atomic E-state index is 6.07. The highest BCUT2D eigenvalue weighted by Crippen LogP contribution is 2.41. The third-order valence-electron chi connectivity index (χ3n) is 2.81. The minimum Gasteiger partial charge on any atom is -0.130 e. The molecule has 0 bridgehead atoms. The molecule has 1 aromatic heterocycles. The smallest absolute Gasteiger partial charge is 0.0887 e. The summed E-state index contributed by atoms with van der Waals surface area (Å²) < 4.78 is 0.988. The molecule has 1 heterocycles. The molecule has 1 unspecified atom stereocenters. The normalized spacial score (nSPS) is 13.0. The third-order valence-corrected chi connectivity index (χ3v) is 6.67. The Morgan fingerprint density at radius 3 is 2.11 bits per heavy atom. The van der Waals surface area contributed by atoms with Crippen molar-refractivity contribution in [3.63, 3.8) is 0 Å². The van der Waals surface area contributed by atoms with Crippen molar-refractivity contribution in [1.82, 2.24) is 0 Å². The van der Waals surface area contributed by atoms with Crippen molar-refractivity contribution in [1.29, 1.82) is 0 Å². The number of rotatable bonds is 3. The third kappa shape index (κ3) is 3.19. The number of halogens is 3. The van der Waals surface area contributed by atoms with Gasteiger partial charge in [0.15, 0.2) is 0 Å². The Morgan fingerprint density at radius 2 is 1.67 bits per heavy atom. The van der Waals surface area contributed by atoms with Gasteiger partial charge in [-0.05, 0) is 39.0 Å². The summed E-state index contributed by atoms with van der Waals surface area (Å²) in [6.45, 7) is 4.41. The summed E-state index contributed by atoms with van der Waals surface area (Å²) in [6, 6.07) is 10.7. The van der Waals surface area contributed by atoms with Gasteiger partial charge in [-0.3, -0.25) is 0 Å². The van der Waals surface area contributed by atoms with E-state index in [0.29, 0.717) is 5.92 Å². The van der Waals surface area contributed by atoms with Crippen molar-refractivity contribution in [2.24, 2.45) is 0 Å². The fourth-order valence-electron chi connectivity index (χ4n) is 1.70. The van der Waals surface area contributed by atoms with E-state index in [1.807, 2.05) is 6.07 Å². The molecule has 0 fully saturated rings. The van der Waals surface area contributed by atoms with Crippen LogP contribution in [0, 0.1) is 0 Å². The van der Waals surface area contributed by atoms with Crippen molar-refractivity contribution in [3.8, 4) is 0 Å². The van der Waals surface area contributed by atoms with Crippen LogP contribution in [0.15, 0.2) is 34.1 Å². The van der Waals surface area contributed by atoms with E-state index in [0.717, 1.165) is 8.81 Å². The zero-order chi connectivity index (χ0) is 13.3. The van der Waals surface area contributed by atoms with Crippen LogP contribution >= 0.6 is 54.8 Å². The van der Waals surface area contributed by atoms with Crippen molar-refractivity contribution >= 4 is 54.8 Å². The van der Waals surface area contributed by atoms with Crippen molar-refractivity contribution < 1.29 is 0 Å². The van der Waals surface area contributed by atoms with Gasteiger partial charge in [-0.15, -0.1) is 11.3 Å². The molecule has 1 atom stereocenters. The number of hydrogen-bond acceptors (Lipinski definition) is 1. The quantitative estimate of drug-likeness (QED) is 0.492. The molecule has 18 heavy (non-hydrogen) atoms. The van der Waals surface area contributed by atoms with Gasteiger partial charge in [-0.2, -0.15) is 0 Å². The maximum Gasteiger partial charge on any atom is 0.0887 e. The summed E-state index contributed by atoms with van der Waals surface area (Å²) in [5.41, 5.74) is 2.62. The fourth-order valence-corrected chi connectivity index (χ4v) is 4.17. The van der Waals surface area contributed by atoms with Crippen molar-refractivity contribution in [3.05, 3.63) is 55.1 Å². The van der Waals surface area contributed by atoms with Crippen LogP contribution in [0.3, 0.4) is 0 Å². The molecule has 0 amide bonds. The molecular weight excluding hydrogens is 395 g/mol. The first-order valence-electron chi connectivity index (χ1n) is 5.67. The summed E-state index contributed by atoms with van der Waals surface area (Å²) >= 11 is 14.9. The first kappa shape index (κ1) is 14.6. The predicted molar refractivity (Wildman–Crippen MR) is 88.3 cm³/mol. The molecule has 0 aliphatic heterocycles. The topological polar surface area (TPSA) is 0 Å². The van der Waals surface area contributed by atoms with E-state index in [2.05, 4.69) is 70.0 Å². The Morgan fingerprint density at radius 1 is 1.11 bits per heavy atom. The first-order chi connectivity index (χ1) is 8.49. The Balaban J connectivity index is 2.25. The van der Waals surface area contributed by atoms with E-state index in [9.17, 15) is 0 Å². The summed E-state index contributed by atoms with van der Waals surface area (Å²) in [4.78, 5) is 1.41. The summed E-state index contributed by atoms with van der Waals surface area (Å²) in [5.74, 6) is 0.568. The highest BCUT2D eigenvalue weighted by molar-refractivity contribution is 9.11. The van der Waals surface area contributed by atoms with Gasteiger partial charge >= 0.3 is 0 Å². The van der Waals surface area contributed by atoms with E-state index in [1.54, 1.807) is 11.3 Å². The molecule has 2 aromatic rings. The number of hydrogen-bond donors (Lipinski definition) is 0. The molecule has 1 aromatic carbocycles. The van der Waals surface area contributed by atoms with Crippen LogP contribution in [-0.4, -0.2) is 0 Å². The SMILES string of the molecule is CC(C)c1ccc(C(Br)c2cc(Cl)c(Br)s2)cc1. The van der Waals surface area contributed by atoms with Crippen molar-refractivity contribution in [2.75, 3.05) is 0 Å². The largest absolute Gasteiger partial charge is 0.130 e. The van der Waals surface area contributed by atoms with E-state index < -0.39 is 0 Å². The van der Waals surface area contributed by atoms with E-state index in [1.165, 1.54) is 16.0 Å². The van der Waals surface area contributed by atoms with E-state index in [-0.39, 0.29) is 4.83 Å². The van der Waals surface area contributed by atoms with Crippen LogP contribution in [-0.2, 0) is 0 Å². The van der Waals surface area contributed by atoms with Crippen LogP contribution < -0.4 is 0 Å². The molecule has 0 N–H and O–H groups in total. The van der Waals surface area contributed by atoms with Crippen LogP contribution in [0.25, 0.3) is 0 Å². The molecule has 0 saturated heterocycles. The minimum atomic E-state index is 0.201. The summed E-state index contributed by atoms with van der Waals surface area (Å²) in [7, 11) is 0. The van der Waals surface area contributed by atoms with E-state index >= 15 is 0 Å². The van der Waals surface area contributed by atoms with Gasteiger partial charge in [0.05, 0.1) is 13.6 Å². The highest BCUT2D eigenvalue weighted by atomic mass is 79.9. The van der Waals surface area contributed by atoms with E-state index in [4.69, 9.17) is 11.6 Å². The Kier molecular flexibility index (Phi) is 4.92. The van der Waals surface area contributed by atoms with Crippen LogP contribution in [0.1, 0.15) is 40.6 Å². The second-order valence-corrected chi connectivity index (χ2v) is 8.18. The second kappa shape index (κ2) is 6.08. The van der Waals surface area contributed by atoms with Gasteiger partial charge in [0.1, 0.15) is 0 Å². The lowest BCUT2D eigenvalue weighted by Gasteiger charge is -2.10. The molecule has 0 aliphatic rings. The Hall–Kier alpha value is 0.170. The fraction of sp³-hybridized carbons (Fsp3) is 0.286. The number of benzene rings is 1. The van der Waals surface area contributed by atoms with Gasteiger partial charge in [0.25, 0.3) is 0 Å². The zero-order valence-electron chi connectivity index (χ0n) is 10.1. The molecule has 0 saturated carbocycles. The van der Waals surface area contributed by atoms with Gasteiger partial charge in [-0.1, -0.05) is 65.6 Å². The van der Waals surface area contributed by atoms with Crippen LogP contribution in [0.5, 0.6) is 0 Å². The van der Waals surface area contributed by atoms with Gasteiger partial charge in [0.2, 0.25) is 0 Å². The molecule has 2 rings (SSSR count). The minimum absolute atomic E-state index is 0.201. The molecular formula is C14H13Br2ClS. The molecule has 4 heteroatoms. The monoisotopic (exact) mass is 406 g/mol. The summed E-state index contributed by atoms with van der Waals surface area (Å²) in [6.07, 6.45) is 0. The highest BCUT2D eigenvalue weighted by Gasteiger charge is 2.15. The Bertz CT molecular complexity index is 512. The summed E-state index contributed by atoms with van der Waals surface area (Å²) in [5, 5.41) is 0.776. The zero-order valence-corrected chi connectivity index (χ0v) is 14.8. The average Bonchev–Trinajstić information content (AvgIpc) is 2.69. The van der Waals surface area contributed by atoms with Gasteiger partial charge in [0, 0.05) is 4.88 Å². The molecule has 0 radical (unpaired) electrons. The molecule has 0 aliphatic carbocycles. The van der Waals surface area contributed by atoms with Gasteiger partial charge in [-0.25, -0.2) is 0 Å². The lowest BCUT2D eigenvalue weighted by Crippen LogP contribution is -1.92. The predicted octanol–water partition coefficient (Wildman–Crippen LogP) is 6.77.